The first-order valence-electron chi connectivity index (χ1n) is 11.3. The summed E-state index contributed by atoms with van der Waals surface area (Å²) in [5.74, 6) is -0.996. The van der Waals surface area contributed by atoms with E-state index in [2.05, 4.69) is 29.6 Å². The number of urea groups is 1. The number of anilines is 1. The van der Waals surface area contributed by atoms with E-state index in [1.54, 1.807) is 48.5 Å². The zero-order valence-corrected chi connectivity index (χ0v) is 20.1. The number of carbonyl (C=O) groups excluding carboxylic acids is 3. The number of halogens is 1. The number of amides is 4. The summed E-state index contributed by atoms with van der Waals surface area (Å²) in [7, 11) is 0. The molecule has 1 aliphatic rings. The zero-order chi connectivity index (χ0) is 25.2. The molecule has 0 saturated carbocycles. The Morgan fingerprint density at radius 2 is 1.67 bits per heavy atom. The highest BCUT2D eigenvalue weighted by molar-refractivity contribution is 6.39. The van der Waals surface area contributed by atoms with Crippen molar-refractivity contribution in [2.24, 2.45) is 0 Å². The fourth-order valence-electron chi connectivity index (χ4n) is 4.15. The van der Waals surface area contributed by atoms with Crippen LogP contribution >= 0.6 is 11.6 Å². The first-order valence-corrected chi connectivity index (χ1v) is 11.7. The molecular weight excluding hydrogens is 476 g/mol. The van der Waals surface area contributed by atoms with Gasteiger partial charge in [0.05, 0.1) is 10.7 Å². The van der Waals surface area contributed by atoms with Crippen LogP contribution in [-0.2, 0) is 16.2 Å². The van der Waals surface area contributed by atoms with Crippen molar-refractivity contribution in [2.45, 2.75) is 13.5 Å². The number of para-hydroxylation sites is 1. The van der Waals surface area contributed by atoms with Crippen molar-refractivity contribution in [3.63, 3.8) is 0 Å². The lowest BCUT2D eigenvalue weighted by molar-refractivity contribution is -0.122. The molecule has 0 spiro atoms. The number of nitrogens with one attached hydrogen (secondary N) is 1. The van der Waals surface area contributed by atoms with E-state index < -0.39 is 17.8 Å². The summed E-state index contributed by atoms with van der Waals surface area (Å²) in [4.78, 5) is 38.7. The second-order valence-corrected chi connectivity index (χ2v) is 8.76. The lowest BCUT2D eigenvalue weighted by Gasteiger charge is -2.26. The van der Waals surface area contributed by atoms with Crippen molar-refractivity contribution >= 4 is 52.0 Å². The maximum atomic E-state index is 13.0. The first-order chi connectivity index (χ1) is 17.4. The van der Waals surface area contributed by atoms with Gasteiger partial charge in [0.1, 0.15) is 17.9 Å². The lowest BCUT2D eigenvalue weighted by Crippen LogP contribution is -2.54. The minimum atomic E-state index is -0.793. The summed E-state index contributed by atoms with van der Waals surface area (Å²) in [6, 6.07) is 24.9. The summed E-state index contributed by atoms with van der Waals surface area (Å²) in [5, 5.41) is 4.80. The van der Waals surface area contributed by atoms with Gasteiger partial charge in [-0.2, -0.15) is 0 Å². The van der Waals surface area contributed by atoms with Crippen molar-refractivity contribution in [1.29, 1.82) is 0 Å². The molecule has 0 radical (unpaired) electrons. The van der Waals surface area contributed by atoms with Crippen molar-refractivity contribution in [1.82, 2.24) is 5.32 Å². The van der Waals surface area contributed by atoms with Gasteiger partial charge in [-0.25, -0.2) is 9.69 Å². The van der Waals surface area contributed by atoms with Crippen LogP contribution in [-0.4, -0.2) is 17.8 Å². The summed E-state index contributed by atoms with van der Waals surface area (Å²) >= 11 is 6.49. The molecule has 1 N–H and O–H groups in total. The molecule has 0 atom stereocenters. The molecule has 0 bridgehead atoms. The second kappa shape index (κ2) is 9.68. The molecule has 1 heterocycles. The molecule has 178 valence electrons. The van der Waals surface area contributed by atoms with E-state index in [0.717, 1.165) is 26.8 Å². The molecule has 4 aromatic rings. The molecule has 4 aromatic carbocycles. The van der Waals surface area contributed by atoms with Crippen LogP contribution < -0.4 is 15.0 Å². The smallest absolute Gasteiger partial charge is 0.335 e. The van der Waals surface area contributed by atoms with Crippen molar-refractivity contribution in [3.8, 4) is 5.75 Å². The average molecular weight is 497 g/mol. The standard InChI is InChI=1S/C29H21ClN2O4/c1-18-11-13-20-7-5-6-10-22(20)24(18)17-36-26-14-12-19(16-25(26)30)15-23-27(33)31-29(35)32(28(23)34)21-8-3-2-4-9-21/h2-16H,17H2,1H3,(H,31,33,35)/b23-15+. The number of ether oxygens (including phenoxy) is 1. The fourth-order valence-corrected chi connectivity index (χ4v) is 4.39. The van der Waals surface area contributed by atoms with Gasteiger partial charge in [0, 0.05) is 5.56 Å². The predicted octanol–water partition coefficient (Wildman–Crippen LogP) is 6.05. The summed E-state index contributed by atoms with van der Waals surface area (Å²) in [5.41, 5.74) is 2.91. The topological polar surface area (TPSA) is 75.7 Å². The van der Waals surface area contributed by atoms with Crippen LogP contribution in [0.5, 0.6) is 5.75 Å². The number of benzene rings is 4. The molecule has 1 fully saturated rings. The maximum Gasteiger partial charge on any atom is 0.335 e. The van der Waals surface area contributed by atoms with E-state index in [1.165, 1.54) is 6.08 Å². The Morgan fingerprint density at radius 3 is 2.44 bits per heavy atom. The van der Waals surface area contributed by atoms with Crippen LogP contribution in [0.1, 0.15) is 16.7 Å². The predicted molar refractivity (Wildman–Crippen MR) is 140 cm³/mol. The van der Waals surface area contributed by atoms with Crippen LogP contribution in [0.4, 0.5) is 10.5 Å². The maximum absolute atomic E-state index is 13.0. The molecule has 0 unspecified atom stereocenters. The lowest BCUT2D eigenvalue weighted by atomic mass is 10.0. The van der Waals surface area contributed by atoms with Gasteiger partial charge in [-0.3, -0.25) is 14.9 Å². The number of aryl methyl sites for hydroxylation is 1. The Bertz CT molecular complexity index is 1550. The third-order valence-corrected chi connectivity index (χ3v) is 6.33. The van der Waals surface area contributed by atoms with Crippen LogP contribution in [0.3, 0.4) is 0 Å². The Balaban J connectivity index is 1.39. The van der Waals surface area contributed by atoms with Crippen molar-refractivity contribution in [2.75, 3.05) is 4.90 Å². The number of fused-ring (bicyclic) bond motifs is 1. The van der Waals surface area contributed by atoms with Crippen LogP contribution in [0.2, 0.25) is 5.02 Å². The third-order valence-electron chi connectivity index (χ3n) is 6.03. The van der Waals surface area contributed by atoms with E-state index in [-0.39, 0.29) is 5.57 Å². The first kappa shape index (κ1) is 23.3. The van der Waals surface area contributed by atoms with Crippen LogP contribution in [0.15, 0.2) is 90.5 Å². The van der Waals surface area contributed by atoms with Crippen molar-refractivity contribution < 1.29 is 19.1 Å². The van der Waals surface area contributed by atoms with E-state index in [1.807, 2.05) is 19.1 Å². The van der Waals surface area contributed by atoms with E-state index >= 15 is 0 Å². The minimum absolute atomic E-state index is 0.172. The Morgan fingerprint density at radius 1 is 0.917 bits per heavy atom. The summed E-state index contributed by atoms with van der Waals surface area (Å²) < 4.78 is 6.04. The number of barbiturate groups is 1. The number of hydrogen-bond acceptors (Lipinski definition) is 4. The second-order valence-electron chi connectivity index (χ2n) is 8.35. The van der Waals surface area contributed by atoms with Gasteiger partial charge in [-0.1, -0.05) is 72.3 Å². The number of rotatable bonds is 5. The monoisotopic (exact) mass is 496 g/mol. The number of hydrogen-bond donors (Lipinski definition) is 1. The molecule has 1 aliphatic heterocycles. The molecule has 0 aliphatic carbocycles. The number of nitrogens with zero attached hydrogens (tertiary/aromatic N) is 1. The molecule has 7 heteroatoms. The molecule has 6 nitrogen and oxygen atoms in total. The minimum Gasteiger partial charge on any atom is -0.487 e. The molecule has 36 heavy (non-hydrogen) atoms. The van der Waals surface area contributed by atoms with Gasteiger partial charge in [-0.05, 0) is 59.2 Å². The Kier molecular flexibility index (Phi) is 6.27. The van der Waals surface area contributed by atoms with Gasteiger partial charge in [0.25, 0.3) is 11.8 Å². The highest BCUT2D eigenvalue weighted by Crippen LogP contribution is 2.30. The quantitative estimate of drug-likeness (QED) is 0.270. The number of carbonyl (C=O) groups is 3. The van der Waals surface area contributed by atoms with Gasteiger partial charge in [0.15, 0.2) is 0 Å². The molecule has 1 saturated heterocycles. The molecular formula is C29H21ClN2O4. The van der Waals surface area contributed by atoms with Gasteiger partial charge >= 0.3 is 6.03 Å². The van der Waals surface area contributed by atoms with E-state index in [0.29, 0.717) is 28.6 Å². The average Bonchev–Trinajstić information content (AvgIpc) is 2.87. The zero-order valence-electron chi connectivity index (χ0n) is 19.3. The van der Waals surface area contributed by atoms with Gasteiger partial charge in [0.2, 0.25) is 0 Å². The summed E-state index contributed by atoms with van der Waals surface area (Å²) in [6.07, 6.45) is 1.41. The van der Waals surface area contributed by atoms with Crippen LogP contribution in [0, 0.1) is 6.92 Å². The third kappa shape index (κ3) is 4.46. The molecule has 4 amide bonds. The number of imide groups is 2. The van der Waals surface area contributed by atoms with E-state index in [4.69, 9.17) is 16.3 Å². The SMILES string of the molecule is Cc1ccc2ccccc2c1COc1ccc(/C=C2\C(=O)NC(=O)N(c3ccccc3)C2=O)cc1Cl. The van der Waals surface area contributed by atoms with Gasteiger partial charge in [-0.15, -0.1) is 0 Å². The highest BCUT2D eigenvalue weighted by Gasteiger charge is 2.36. The Labute approximate surface area is 212 Å². The van der Waals surface area contributed by atoms with E-state index in [9.17, 15) is 14.4 Å². The van der Waals surface area contributed by atoms with Crippen molar-refractivity contribution in [3.05, 3.63) is 112 Å². The Hall–Kier alpha value is -4.42. The van der Waals surface area contributed by atoms with Gasteiger partial charge < -0.3 is 4.74 Å². The van der Waals surface area contributed by atoms with Crippen LogP contribution in [0.25, 0.3) is 16.8 Å². The molecule has 5 rings (SSSR count). The largest absolute Gasteiger partial charge is 0.487 e. The normalized spacial score (nSPS) is 14.9. The fraction of sp³-hybridized carbons (Fsp3) is 0.0690. The summed E-state index contributed by atoms with van der Waals surface area (Å²) in [6.45, 7) is 2.38. The molecule has 0 aromatic heterocycles. The highest BCUT2D eigenvalue weighted by atomic mass is 35.5.